The van der Waals surface area contributed by atoms with E-state index >= 15 is 0 Å². The van der Waals surface area contributed by atoms with Crippen LogP contribution in [0.5, 0.6) is 11.6 Å². The lowest BCUT2D eigenvalue weighted by Gasteiger charge is -2.18. The van der Waals surface area contributed by atoms with Crippen molar-refractivity contribution in [1.29, 1.82) is 0 Å². The second kappa shape index (κ2) is 11.1. The summed E-state index contributed by atoms with van der Waals surface area (Å²) >= 11 is 0. The normalized spacial score (nSPS) is 12.9. The first-order valence-electron chi connectivity index (χ1n) is 14.0. The fourth-order valence-electron chi connectivity index (χ4n) is 5.90. The minimum absolute atomic E-state index is 0.0150. The maximum Gasteiger partial charge on any atom is 0.407 e. The van der Waals surface area contributed by atoms with Crippen LogP contribution in [0.25, 0.3) is 22.0 Å². The number of alkyl carbamates (subject to hydrolysis) is 1. The van der Waals surface area contributed by atoms with E-state index in [0.29, 0.717) is 17.2 Å². The predicted molar refractivity (Wildman–Crippen MR) is 162 cm³/mol. The Morgan fingerprint density at radius 1 is 0.881 bits per heavy atom. The molecule has 4 aromatic carbocycles. The molecule has 0 radical (unpaired) electrons. The maximum absolute atomic E-state index is 13.0. The molecule has 1 heterocycles. The van der Waals surface area contributed by atoms with E-state index in [-0.39, 0.29) is 18.9 Å². The number of aryl methyl sites for hydroxylation is 2. The second-order valence-electron chi connectivity index (χ2n) is 10.7. The molecule has 0 bridgehead atoms. The number of carbonyl (C=O) groups is 2. The van der Waals surface area contributed by atoms with E-state index < -0.39 is 18.1 Å². The number of ether oxygens (including phenoxy) is 2. The highest BCUT2D eigenvalue weighted by molar-refractivity contribution is 5.89. The molecule has 0 fully saturated rings. The molecular formula is C35H32N2O5. The van der Waals surface area contributed by atoms with E-state index in [1.54, 1.807) is 0 Å². The molecule has 1 unspecified atom stereocenters. The lowest BCUT2D eigenvalue weighted by atomic mass is 9.98. The standard InChI is InChI=1S/C35H32N2O5/c1-21-11-10-18-32(22(21)2)42-33-28(27-16-8-9-17-31(27)37(33)3)19-30(34(38)39)36-35(40)41-20-29-25-14-6-4-12-23(25)24-13-5-7-15-26(24)29/h4-18,29-30H,19-20H2,1-3H3,(H,36,40)(H,38,39). The fraction of sp³-hybridized carbons (Fsp3) is 0.200. The first-order valence-corrected chi connectivity index (χ1v) is 14.0. The van der Waals surface area contributed by atoms with Gasteiger partial charge in [-0.15, -0.1) is 0 Å². The molecule has 0 saturated heterocycles. The van der Waals surface area contributed by atoms with Crippen LogP contribution < -0.4 is 10.1 Å². The Balaban J connectivity index is 1.24. The van der Waals surface area contributed by atoms with Gasteiger partial charge < -0.3 is 24.5 Å². The van der Waals surface area contributed by atoms with Crippen LogP contribution in [-0.2, 0) is 23.0 Å². The zero-order chi connectivity index (χ0) is 29.4. The van der Waals surface area contributed by atoms with Crippen LogP contribution >= 0.6 is 0 Å². The van der Waals surface area contributed by atoms with E-state index in [1.807, 2.05) is 104 Å². The van der Waals surface area contributed by atoms with Crippen molar-refractivity contribution in [2.45, 2.75) is 32.2 Å². The Kier molecular flexibility index (Phi) is 7.17. The number of carboxylic acids is 1. The zero-order valence-corrected chi connectivity index (χ0v) is 23.8. The number of nitrogens with zero attached hydrogens (tertiary/aromatic N) is 1. The molecule has 6 rings (SSSR count). The molecule has 5 aromatic rings. The minimum atomic E-state index is -1.23. The van der Waals surface area contributed by atoms with Gasteiger partial charge in [-0.05, 0) is 59.4 Å². The molecule has 1 amide bonds. The monoisotopic (exact) mass is 560 g/mol. The van der Waals surface area contributed by atoms with E-state index in [4.69, 9.17) is 9.47 Å². The number of rotatable bonds is 8. The number of benzene rings is 4. The summed E-state index contributed by atoms with van der Waals surface area (Å²) in [5.41, 5.74) is 8.11. The number of nitrogens with one attached hydrogen (secondary N) is 1. The number of aromatic nitrogens is 1. The van der Waals surface area contributed by atoms with Gasteiger partial charge in [0.2, 0.25) is 5.88 Å². The van der Waals surface area contributed by atoms with E-state index in [0.717, 1.165) is 44.3 Å². The number of hydrogen-bond acceptors (Lipinski definition) is 4. The lowest BCUT2D eigenvalue weighted by molar-refractivity contribution is -0.139. The van der Waals surface area contributed by atoms with Gasteiger partial charge in [-0.2, -0.15) is 0 Å². The third kappa shape index (κ3) is 4.87. The molecule has 0 saturated carbocycles. The SMILES string of the molecule is Cc1cccc(Oc2c(CC(NC(=O)OCC3c4ccccc4-c4ccccc43)C(=O)O)c3ccccc3n2C)c1C. The summed E-state index contributed by atoms with van der Waals surface area (Å²) in [6.45, 7) is 4.11. The van der Waals surface area contributed by atoms with Gasteiger partial charge >= 0.3 is 12.1 Å². The molecule has 1 atom stereocenters. The Bertz CT molecular complexity index is 1780. The number of carboxylic acid groups (broad SMARTS) is 1. The van der Waals surface area contributed by atoms with Crippen molar-refractivity contribution in [2.75, 3.05) is 6.61 Å². The van der Waals surface area contributed by atoms with Crippen molar-refractivity contribution in [1.82, 2.24) is 9.88 Å². The van der Waals surface area contributed by atoms with Crippen LogP contribution in [0.15, 0.2) is 91.0 Å². The smallest absolute Gasteiger partial charge is 0.407 e. The van der Waals surface area contributed by atoms with Crippen molar-refractivity contribution in [3.8, 4) is 22.8 Å². The molecule has 1 aliphatic rings. The summed E-state index contributed by atoms with van der Waals surface area (Å²) in [5, 5.41) is 13.6. The van der Waals surface area contributed by atoms with E-state index in [2.05, 4.69) is 17.4 Å². The van der Waals surface area contributed by atoms with Gasteiger partial charge in [0.25, 0.3) is 0 Å². The molecular weight excluding hydrogens is 528 g/mol. The maximum atomic E-state index is 13.0. The van der Waals surface area contributed by atoms with Crippen molar-refractivity contribution in [3.05, 3.63) is 119 Å². The molecule has 42 heavy (non-hydrogen) atoms. The van der Waals surface area contributed by atoms with Gasteiger partial charge in [0.1, 0.15) is 18.4 Å². The van der Waals surface area contributed by atoms with Gasteiger partial charge in [0.15, 0.2) is 0 Å². The molecule has 7 nitrogen and oxygen atoms in total. The van der Waals surface area contributed by atoms with Gasteiger partial charge in [0, 0.05) is 30.3 Å². The van der Waals surface area contributed by atoms with Crippen LogP contribution in [0.2, 0.25) is 0 Å². The summed E-state index contributed by atoms with van der Waals surface area (Å²) in [6.07, 6.45) is -0.761. The summed E-state index contributed by atoms with van der Waals surface area (Å²) in [6, 6.07) is 28.5. The van der Waals surface area contributed by atoms with Gasteiger partial charge in [0.05, 0.1) is 5.52 Å². The third-order valence-corrected chi connectivity index (χ3v) is 8.26. The average Bonchev–Trinajstić information content (AvgIpc) is 3.45. The summed E-state index contributed by atoms with van der Waals surface area (Å²) in [4.78, 5) is 25.4. The molecule has 0 spiro atoms. The third-order valence-electron chi connectivity index (χ3n) is 8.26. The van der Waals surface area contributed by atoms with Gasteiger partial charge in [-0.25, -0.2) is 9.59 Å². The Labute approximate surface area is 244 Å². The first-order chi connectivity index (χ1) is 20.3. The van der Waals surface area contributed by atoms with Crippen molar-refractivity contribution >= 4 is 23.0 Å². The van der Waals surface area contributed by atoms with Crippen molar-refractivity contribution in [3.63, 3.8) is 0 Å². The first kappa shape index (κ1) is 27.1. The number of amides is 1. The van der Waals surface area contributed by atoms with Crippen LogP contribution in [-0.4, -0.2) is 34.4 Å². The highest BCUT2D eigenvalue weighted by Crippen LogP contribution is 2.44. The van der Waals surface area contributed by atoms with Crippen molar-refractivity contribution < 1.29 is 24.2 Å². The quantitative estimate of drug-likeness (QED) is 0.211. The van der Waals surface area contributed by atoms with Gasteiger partial charge in [-0.1, -0.05) is 78.9 Å². The highest BCUT2D eigenvalue weighted by atomic mass is 16.5. The highest BCUT2D eigenvalue weighted by Gasteiger charge is 2.31. The number of hydrogen-bond donors (Lipinski definition) is 2. The second-order valence-corrected chi connectivity index (χ2v) is 10.7. The predicted octanol–water partition coefficient (Wildman–Crippen LogP) is 7.12. The van der Waals surface area contributed by atoms with Crippen molar-refractivity contribution in [2.24, 2.45) is 7.05 Å². The largest absolute Gasteiger partial charge is 0.480 e. The summed E-state index contributed by atoms with van der Waals surface area (Å²) in [7, 11) is 1.89. The molecule has 0 aliphatic heterocycles. The van der Waals surface area contributed by atoms with Crippen LogP contribution in [0.3, 0.4) is 0 Å². The molecule has 1 aliphatic carbocycles. The molecule has 1 aromatic heterocycles. The number of aliphatic carboxylic acids is 1. The minimum Gasteiger partial charge on any atom is -0.480 e. The zero-order valence-electron chi connectivity index (χ0n) is 23.8. The summed E-state index contributed by atoms with van der Waals surface area (Å²) in [5.74, 6) is -0.0554. The fourth-order valence-corrected chi connectivity index (χ4v) is 5.90. The van der Waals surface area contributed by atoms with E-state index in [1.165, 1.54) is 0 Å². The van der Waals surface area contributed by atoms with Crippen LogP contribution in [0, 0.1) is 13.8 Å². The molecule has 7 heteroatoms. The topological polar surface area (TPSA) is 89.8 Å². The number of carbonyl (C=O) groups excluding carboxylic acids is 1. The number of para-hydroxylation sites is 1. The number of fused-ring (bicyclic) bond motifs is 4. The molecule has 212 valence electrons. The van der Waals surface area contributed by atoms with Crippen LogP contribution in [0.4, 0.5) is 4.79 Å². The molecule has 2 N–H and O–H groups in total. The Morgan fingerprint density at radius 2 is 1.52 bits per heavy atom. The average molecular weight is 561 g/mol. The Morgan fingerprint density at radius 3 is 2.21 bits per heavy atom. The van der Waals surface area contributed by atoms with E-state index in [9.17, 15) is 14.7 Å². The van der Waals surface area contributed by atoms with Gasteiger partial charge in [-0.3, -0.25) is 0 Å². The Hall–Kier alpha value is -5.04. The summed E-state index contributed by atoms with van der Waals surface area (Å²) < 4.78 is 14.0. The lowest BCUT2D eigenvalue weighted by Crippen LogP contribution is -2.43. The van der Waals surface area contributed by atoms with Crippen LogP contribution in [0.1, 0.15) is 33.7 Å².